The Hall–Kier alpha value is -1.64. The van der Waals surface area contributed by atoms with Gasteiger partial charge >= 0.3 is 0 Å². The Labute approximate surface area is 84.4 Å². The molecule has 0 rings (SSSR count). The van der Waals surface area contributed by atoms with Crippen molar-refractivity contribution in [1.82, 2.24) is 4.90 Å². The van der Waals surface area contributed by atoms with Crippen molar-refractivity contribution in [3.8, 4) is 0 Å². The van der Waals surface area contributed by atoms with Crippen molar-refractivity contribution in [2.45, 2.75) is 6.92 Å². The summed E-state index contributed by atoms with van der Waals surface area (Å²) < 4.78 is 0. The number of rotatable bonds is 5. The van der Waals surface area contributed by atoms with E-state index in [0.717, 1.165) is 0 Å². The van der Waals surface area contributed by atoms with Crippen LogP contribution in [-0.4, -0.2) is 30.7 Å². The Bertz CT molecular complexity index is 280. The molecule has 0 heterocycles. The molecule has 3 nitrogen and oxygen atoms in total. The number of carbonyl (C=O) groups is 2. The van der Waals surface area contributed by atoms with Gasteiger partial charge < -0.3 is 4.90 Å². The van der Waals surface area contributed by atoms with Gasteiger partial charge in [0.1, 0.15) is 0 Å². The van der Waals surface area contributed by atoms with Crippen LogP contribution < -0.4 is 0 Å². The van der Waals surface area contributed by atoms with Crippen LogP contribution in [-0.2, 0) is 9.59 Å². The number of carbonyl (C=O) groups excluding carboxylic acids is 2. The van der Waals surface area contributed by atoms with Crippen LogP contribution in [0.4, 0.5) is 0 Å². The number of allylic oxidation sites excluding steroid dienone is 2. The minimum absolute atomic E-state index is 0.218. The first-order valence-corrected chi connectivity index (χ1v) is 4.32. The van der Waals surface area contributed by atoms with Crippen LogP contribution in [0.25, 0.3) is 0 Å². The SMILES string of the molecule is C=C/C(C=O)=C(\C=C)C(=O)N(C)CC. The molecule has 0 unspecified atom stereocenters. The molecule has 0 saturated carbocycles. The van der Waals surface area contributed by atoms with Crippen molar-refractivity contribution in [3.05, 3.63) is 36.5 Å². The quantitative estimate of drug-likeness (QED) is 0.375. The fourth-order valence-corrected chi connectivity index (χ4v) is 0.899. The second-order valence-corrected chi connectivity index (χ2v) is 2.71. The number of amides is 1. The number of aldehydes is 1. The maximum absolute atomic E-state index is 11.7. The lowest BCUT2D eigenvalue weighted by Crippen LogP contribution is -2.27. The second-order valence-electron chi connectivity index (χ2n) is 2.71. The van der Waals surface area contributed by atoms with Gasteiger partial charge in [-0.3, -0.25) is 9.59 Å². The van der Waals surface area contributed by atoms with E-state index in [4.69, 9.17) is 0 Å². The van der Waals surface area contributed by atoms with Gasteiger partial charge in [0.15, 0.2) is 6.29 Å². The Morgan fingerprint density at radius 1 is 1.36 bits per heavy atom. The van der Waals surface area contributed by atoms with Gasteiger partial charge in [0, 0.05) is 24.7 Å². The second kappa shape index (κ2) is 5.91. The third kappa shape index (κ3) is 2.69. The van der Waals surface area contributed by atoms with Crippen molar-refractivity contribution >= 4 is 12.2 Å². The first-order valence-electron chi connectivity index (χ1n) is 4.32. The van der Waals surface area contributed by atoms with E-state index in [2.05, 4.69) is 13.2 Å². The number of likely N-dealkylation sites (N-methyl/N-ethyl adjacent to an activating group) is 1. The third-order valence-corrected chi connectivity index (χ3v) is 1.91. The Kier molecular flexibility index (Phi) is 5.22. The van der Waals surface area contributed by atoms with Gasteiger partial charge in [0.05, 0.1) is 0 Å². The molecule has 0 atom stereocenters. The van der Waals surface area contributed by atoms with Crippen LogP contribution in [0.15, 0.2) is 36.5 Å². The van der Waals surface area contributed by atoms with Crippen LogP contribution >= 0.6 is 0 Å². The number of hydrogen-bond donors (Lipinski definition) is 0. The zero-order chi connectivity index (χ0) is 11.1. The van der Waals surface area contributed by atoms with E-state index in [1.54, 1.807) is 7.05 Å². The first kappa shape index (κ1) is 12.4. The molecule has 0 aliphatic carbocycles. The molecule has 0 aliphatic heterocycles. The maximum Gasteiger partial charge on any atom is 0.254 e. The molecule has 0 aromatic rings. The van der Waals surface area contributed by atoms with E-state index in [1.165, 1.54) is 17.1 Å². The summed E-state index contributed by atoms with van der Waals surface area (Å²) >= 11 is 0. The number of hydrogen-bond acceptors (Lipinski definition) is 2. The van der Waals surface area contributed by atoms with Gasteiger partial charge in [0.2, 0.25) is 0 Å². The molecule has 0 aliphatic rings. The predicted molar refractivity (Wildman–Crippen MR) is 56.8 cm³/mol. The molecule has 0 aromatic carbocycles. The summed E-state index contributed by atoms with van der Waals surface area (Å²) in [6.07, 6.45) is 3.33. The zero-order valence-electron chi connectivity index (χ0n) is 8.62. The summed E-state index contributed by atoms with van der Waals surface area (Å²) in [6.45, 7) is 9.40. The Balaban J connectivity index is 5.16. The van der Waals surface area contributed by atoms with Gasteiger partial charge in [-0.25, -0.2) is 0 Å². The Morgan fingerprint density at radius 3 is 2.21 bits per heavy atom. The summed E-state index contributed by atoms with van der Waals surface area (Å²) in [6, 6.07) is 0. The molecule has 14 heavy (non-hydrogen) atoms. The van der Waals surface area contributed by atoms with Crippen molar-refractivity contribution in [1.29, 1.82) is 0 Å². The lowest BCUT2D eigenvalue weighted by atomic mass is 10.1. The lowest BCUT2D eigenvalue weighted by Gasteiger charge is -2.15. The molecule has 0 bridgehead atoms. The largest absolute Gasteiger partial charge is 0.342 e. The fourth-order valence-electron chi connectivity index (χ4n) is 0.899. The van der Waals surface area contributed by atoms with Gasteiger partial charge in [0.25, 0.3) is 5.91 Å². The van der Waals surface area contributed by atoms with E-state index in [1.807, 2.05) is 6.92 Å². The van der Waals surface area contributed by atoms with Gasteiger partial charge in [-0.15, -0.1) is 0 Å². The van der Waals surface area contributed by atoms with Gasteiger partial charge in [-0.2, -0.15) is 0 Å². The molecule has 3 heteroatoms. The molecule has 0 saturated heterocycles. The predicted octanol–water partition coefficient (Wildman–Crippen LogP) is 1.33. The van der Waals surface area contributed by atoms with Crippen LogP contribution in [0.3, 0.4) is 0 Å². The van der Waals surface area contributed by atoms with Crippen LogP contribution in [0, 0.1) is 0 Å². The van der Waals surface area contributed by atoms with E-state index in [9.17, 15) is 9.59 Å². The normalized spacial score (nSPS) is 11.3. The molecular weight excluding hydrogens is 178 g/mol. The van der Waals surface area contributed by atoms with Crippen LogP contribution in [0.2, 0.25) is 0 Å². The summed E-state index contributed by atoms with van der Waals surface area (Å²) in [7, 11) is 1.66. The smallest absolute Gasteiger partial charge is 0.254 e. The summed E-state index contributed by atoms with van der Waals surface area (Å²) in [5.74, 6) is -0.218. The highest BCUT2D eigenvalue weighted by Gasteiger charge is 2.13. The monoisotopic (exact) mass is 193 g/mol. The summed E-state index contributed by atoms with van der Waals surface area (Å²) in [4.78, 5) is 23.8. The first-order chi connectivity index (χ1) is 6.62. The van der Waals surface area contributed by atoms with Crippen molar-refractivity contribution in [2.24, 2.45) is 0 Å². The number of nitrogens with zero attached hydrogens (tertiary/aromatic N) is 1. The highest BCUT2D eigenvalue weighted by Crippen LogP contribution is 2.08. The Morgan fingerprint density at radius 2 is 1.93 bits per heavy atom. The molecule has 0 spiro atoms. The highest BCUT2D eigenvalue weighted by molar-refractivity contribution is 6.02. The lowest BCUT2D eigenvalue weighted by molar-refractivity contribution is -0.125. The topological polar surface area (TPSA) is 37.4 Å². The van der Waals surface area contributed by atoms with Gasteiger partial charge in [-0.1, -0.05) is 25.3 Å². The maximum atomic E-state index is 11.7. The molecule has 0 aromatic heterocycles. The third-order valence-electron chi connectivity index (χ3n) is 1.91. The van der Waals surface area contributed by atoms with Gasteiger partial charge in [-0.05, 0) is 6.92 Å². The molecule has 0 radical (unpaired) electrons. The molecular formula is C11H15NO2. The average molecular weight is 193 g/mol. The van der Waals surface area contributed by atoms with Crippen molar-refractivity contribution < 1.29 is 9.59 Å². The van der Waals surface area contributed by atoms with E-state index in [-0.39, 0.29) is 11.5 Å². The van der Waals surface area contributed by atoms with E-state index >= 15 is 0 Å². The van der Waals surface area contributed by atoms with Crippen LogP contribution in [0.1, 0.15) is 6.92 Å². The minimum atomic E-state index is -0.218. The minimum Gasteiger partial charge on any atom is -0.342 e. The molecule has 0 N–H and O–H groups in total. The standard InChI is InChI=1S/C11H15NO2/c1-5-9(8-13)10(6-2)11(14)12(4)7-3/h5-6,8H,1-2,7H2,3-4H3/b10-9-. The summed E-state index contributed by atoms with van der Waals surface area (Å²) in [5.41, 5.74) is 0.560. The molecule has 0 fully saturated rings. The van der Waals surface area contributed by atoms with Crippen molar-refractivity contribution in [3.63, 3.8) is 0 Å². The fraction of sp³-hybridized carbons (Fsp3) is 0.273. The summed E-state index contributed by atoms with van der Waals surface area (Å²) in [5, 5.41) is 0. The molecule has 1 amide bonds. The highest BCUT2D eigenvalue weighted by atomic mass is 16.2. The van der Waals surface area contributed by atoms with Crippen LogP contribution in [0.5, 0.6) is 0 Å². The average Bonchev–Trinajstić information content (AvgIpc) is 2.23. The zero-order valence-corrected chi connectivity index (χ0v) is 8.62. The van der Waals surface area contributed by atoms with Crippen molar-refractivity contribution in [2.75, 3.05) is 13.6 Å². The van der Waals surface area contributed by atoms with E-state index in [0.29, 0.717) is 18.4 Å². The molecule has 76 valence electrons. The van der Waals surface area contributed by atoms with E-state index < -0.39 is 0 Å².